The van der Waals surface area contributed by atoms with Crippen LogP contribution >= 0.6 is 0 Å². The first kappa shape index (κ1) is 24.5. The van der Waals surface area contributed by atoms with Crippen molar-refractivity contribution >= 4 is 40.7 Å². The normalized spacial score (nSPS) is 11.3. The first-order valence-electron chi connectivity index (χ1n) is 10.5. The molecule has 0 heterocycles. The van der Waals surface area contributed by atoms with Crippen LogP contribution in [-0.4, -0.2) is 29.4 Å². The van der Waals surface area contributed by atoms with Crippen LogP contribution in [-0.2, 0) is 0 Å². The van der Waals surface area contributed by atoms with Gasteiger partial charge in [-0.05, 0) is 36.8 Å². The van der Waals surface area contributed by atoms with Crippen molar-refractivity contribution in [2.75, 3.05) is 10.6 Å². The molecule has 0 atom stereocenters. The highest BCUT2D eigenvalue weighted by Crippen LogP contribution is 2.16. The maximum atomic E-state index is 12.4. The predicted octanol–water partition coefficient (Wildman–Crippen LogP) is 2.77. The van der Waals surface area contributed by atoms with Crippen LogP contribution < -0.4 is 33.0 Å². The van der Waals surface area contributed by atoms with E-state index in [1.807, 2.05) is 42.5 Å². The van der Waals surface area contributed by atoms with Crippen molar-refractivity contribution in [2.24, 2.45) is 21.7 Å². The molecule has 3 rings (SSSR count). The number of urea groups is 1. The van der Waals surface area contributed by atoms with Gasteiger partial charge in [-0.3, -0.25) is 10.8 Å². The lowest BCUT2D eigenvalue weighted by Gasteiger charge is -2.11. The number of carbonyl (C=O) groups excluding carboxylic acids is 1. The topological polar surface area (TPSA) is 190 Å². The Hall–Kier alpha value is -5.19. The van der Waals surface area contributed by atoms with E-state index in [-0.39, 0.29) is 11.9 Å². The van der Waals surface area contributed by atoms with Crippen LogP contribution in [0.4, 0.5) is 16.2 Å². The van der Waals surface area contributed by atoms with Crippen molar-refractivity contribution in [1.82, 2.24) is 10.9 Å². The molecule has 0 aliphatic heterocycles. The van der Waals surface area contributed by atoms with E-state index >= 15 is 0 Å². The second-order valence-electron chi connectivity index (χ2n) is 7.31. The molecule has 35 heavy (non-hydrogen) atoms. The fourth-order valence-electron chi connectivity index (χ4n) is 3.02. The van der Waals surface area contributed by atoms with Gasteiger partial charge in [0.05, 0.1) is 11.4 Å². The van der Waals surface area contributed by atoms with E-state index in [4.69, 9.17) is 22.3 Å². The highest BCUT2D eigenvalue weighted by Gasteiger charge is 2.09. The summed E-state index contributed by atoms with van der Waals surface area (Å²) in [7, 11) is 0. The Morgan fingerprint density at radius 3 is 1.66 bits per heavy atom. The first-order chi connectivity index (χ1) is 16.8. The van der Waals surface area contributed by atoms with Crippen molar-refractivity contribution in [2.45, 2.75) is 6.92 Å². The van der Waals surface area contributed by atoms with Crippen molar-refractivity contribution in [3.63, 3.8) is 0 Å². The van der Waals surface area contributed by atoms with Crippen LogP contribution in [0.15, 0.2) is 89.1 Å². The van der Waals surface area contributed by atoms with Crippen LogP contribution in [0, 0.1) is 10.8 Å². The van der Waals surface area contributed by atoms with Crippen molar-refractivity contribution in [1.29, 1.82) is 10.8 Å². The Kier molecular flexibility index (Phi) is 8.11. The zero-order valence-electron chi connectivity index (χ0n) is 19.0. The molecule has 10 N–H and O–H groups in total. The molecule has 11 nitrogen and oxygen atoms in total. The summed E-state index contributed by atoms with van der Waals surface area (Å²) in [6.07, 6.45) is 0. The van der Waals surface area contributed by atoms with E-state index in [2.05, 4.69) is 31.7 Å². The Morgan fingerprint density at radius 2 is 1.14 bits per heavy atom. The molecule has 11 heteroatoms. The van der Waals surface area contributed by atoms with Gasteiger partial charge in [-0.25, -0.2) is 15.6 Å². The van der Waals surface area contributed by atoms with E-state index in [0.29, 0.717) is 22.8 Å². The van der Waals surface area contributed by atoms with Crippen LogP contribution in [0.1, 0.15) is 23.6 Å². The predicted molar refractivity (Wildman–Crippen MR) is 140 cm³/mol. The fourth-order valence-corrected chi connectivity index (χ4v) is 3.02. The number of hydrogen-bond acceptors (Lipinski definition) is 5. The number of nitrogens with two attached hydrogens (primary N) is 2. The summed E-state index contributed by atoms with van der Waals surface area (Å²) in [5, 5.41) is 28.3. The van der Waals surface area contributed by atoms with Gasteiger partial charge < -0.3 is 22.1 Å². The number of nitrogens with zero attached hydrogens (tertiary/aromatic N) is 2. The van der Waals surface area contributed by atoms with Gasteiger partial charge >= 0.3 is 6.03 Å². The Morgan fingerprint density at radius 1 is 0.686 bits per heavy atom. The summed E-state index contributed by atoms with van der Waals surface area (Å²) in [6.45, 7) is 1.78. The van der Waals surface area contributed by atoms with Gasteiger partial charge in [0, 0.05) is 22.5 Å². The average Bonchev–Trinajstić information content (AvgIpc) is 2.84. The summed E-state index contributed by atoms with van der Waals surface area (Å²) in [6, 6.07) is 23.3. The Balaban J connectivity index is 1.65. The maximum absolute atomic E-state index is 12.4. The zero-order chi connectivity index (χ0) is 25.2. The minimum absolute atomic E-state index is 0.247. The number of hydrazone groups is 2. The van der Waals surface area contributed by atoms with Crippen molar-refractivity contribution in [3.05, 3.63) is 95.6 Å². The van der Waals surface area contributed by atoms with Gasteiger partial charge in [0.2, 0.25) is 11.9 Å². The van der Waals surface area contributed by atoms with Gasteiger partial charge in [-0.2, -0.15) is 10.2 Å². The van der Waals surface area contributed by atoms with Gasteiger partial charge in [-0.1, -0.05) is 54.6 Å². The molecule has 178 valence electrons. The average molecular weight is 471 g/mol. The third-order valence-electron chi connectivity index (χ3n) is 4.66. The molecule has 0 spiro atoms. The minimum Gasteiger partial charge on any atom is -0.369 e. The number of hydrogen-bond donors (Lipinski definition) is 8. The number of carbonyl (C=O) groups is 1. The molecular weight excluding hydrogens is 444 g/mol. The molecule has 0 aromatic heterocycles. The number of rotatable bonds is 7. The standard InChI is InChI=1S/C24H26N10O/c1-15(31-33-22(25)26)16-7-11-19(12-8-16)29-24(35)30-20-13-9-18(10-14-20)21(32-34-23(27)28)17-5-3-2-4-6-17/h2-14H,1H3,(H4,25,26,33)(H4,27,28,34)(H2,29,30,35)/b31-15+,32-21+. The number of guanidine groups is 2. The quantitative estimate of drug-likeness (QED) is 0.149. The lowest BCUT2D eigenvalue weighted by molar-refractivity contribution is 0.262. The monoisotopic (exact) mass is 470 g/mol. The van der Waals surface area contributed by atoms with Gasteiger partial charge in [0.25, 0.3) is 0 Å². The number of anilines is 2. The van der Waals surface area contributed by atoms with Crippen LogP contribution in [0.3, 0.4) is 0 Å². The van der Waals surface area contributed by atoms with Crippen molar-refractivity contribution in [3.8, 4) is 0 Å². The fraction of sp³-hybridized carbons (Fsp3) is 0.0417. The molecule has 0 saturated heterocycles. The maximum Gasteiger partial charge on any atom is 0.323 e. The van der Waals surface area contributed by atoms with Crippen LogP contribution in [0.5, 0.6) is 0 Å². The molecule has 3 aromatic carbocycles. The third-order valence-corrected chi connectivity index (χ3v) is 4.66. The second kappa shape index (κ2) is 11.6. The largest absolute Gasteiger partial charge is 0.369 e. The summed E-state index contributed by atoms with van der Waals surface area (Å²) < 4.78 is 0. The minimum atomic E-state index is -0.399. The van der Waals surface area contributed by atoms with E-state index in [0.717, 1.165) is 16.7 Å². The molecule has 3 aromatic rings. The first-order valence-corrected chi connectivity index (χ1v) is 10.5. The zero-order valence-corrected chi connectivity index (χ0v) is 19.0. The Labute approximate surface area is 202 Å². The smallest absolute Gasteiger partial charge is 0.323 e. The third kappa shape index (κ3) is 7.43. The summed E-state index contributed by atoms with van der Waals surface area (Å²) in [5.74, 6) is -0.514. The number of benzene rings is 3. The van der Waals surface area contributed by atoms with Crippen LogP contribution in [0.25, 0.3) is 0 Å². The lowest BCUT2D eigenvalue weighted by atomic mass is 10.0. The molecule has 0 fully saturated rings. The van der Waals surface area contributed by atoms with Gasteiger partial charge in [0.1, 0.15) is 0 Å². The van der Waals surface area contributed by atoms with E-state index in [1.165, 1.54) is 0 Å². The SMILES string of the molecule is C/C(=N\NC(=N)N)c1ccc(NC(=O)Nc2ccc(/C(=N/NC(=N)N)c3ccccc3)cc2)cc1. The number of amides is 2. The molecule has 0 unspecified atom stereocenters. The van der Waals surface area contributed by atoms with E-state index < -0.39 is 6.03 Å². The molecular formula is C24H26N10O. The molecule has 0 saturated carbocycles. The van der Waals surface area contributed by atoms with Crippen LogP contribution in [0.2, 0.25) is 0 Å². The number of nitrogens with one attached hydrogen (secondary N) is 6. The summed E-state index contributed by atoms with van der Waals surface area (Å²) in [4.78, 5) is 12.4. The second-order valence-corrected chi connectivity index (χ2v) is 7.31. The summed E-state index contributed by atoms with van der Waals surface area (Å²) in [5.41, 5.74) is 20.4. The Bertz CT molecular complexity index is 1250. The van der Waals surface area contributed by atoms with Gasteiger partial charge in [0.15, 0.2) is 0 Å². The molecule has 0 aliphatic rings. The van der Waals surface area contributed by atoms with Crippen molar-refractivity contribution < 1.29 is 4.79 Å². The van der Waals surface area contributed by atoms with E-state index in [9.17, 15) is 4.79 Å². The highest BCUT2D eigenvalue weighted by molar-refractivity contribution is 6.13. The summed E-state index contributed by atoms with van der Waals surface area (Å²) >= 11 is 0. The van der Waals surface area contributed by atoms with E-state index in [1.54, 1.807) is 43.3 Å². The molecule has 0 aliphatic carbocycles. The highest BCUT2D eigenvalue weighted by atomic mass is 16.2. The molecule has 2 amide bonds. The molecule has 0 radical (unpaired) electrons. The molecule has 0 bridgehead atoms. The van der Waals surface area contributed by atoms with Gasteiger partial charge in [-0.15, -0.1) is 0 Å². The lowest BCUT2D eigenvalue weighted by Crippen LogP contribution is -2.27.